The van der Waals surface area contributed by atoms with E-state index in [0.717, 1.165) is 6.07 Å². The first-order valence-electron chi connectivity index (χ1n) is 9.56. The van der Waals surface area contributed by atoms with Gasteiger partial charge in [0.15, 0.2) is 0 Å². The Morgan fingerprint density at radius 1 is 1.15 bits per heavy atom. The number of para-hydroxylation sites is 1. The van der Waals surface area contributed by atoms with Crippen LogP contribution in [-0.4, -0.2) is 48.6 Å². The van der Waals surface area contributed by atoms with E-state index < -0.39 is 17.5 Å². The average Bonchev–Trinajstić information content (AvgIpc) is 3.21. The summed E-state index contributed by atoms with van der Waals surface area (Å²) in [6.07, 6.45) is -3.50. The van der Waals surface area contributed by atoms with Gasteiger partial charge in [-0.1, -0.05) is 17.3 Å². The predicted molar refractivity (Wildman–Crippen MR) is 108 cm³/mol. The number of aliphatic hydroxyl groups is 1. The van der Waals surface area contributed by atoms with Crippen LogP contribution in [0, 0.1) is 0 Å². The molecule has 3 aromatic heterocycles. The maximum Gasteiger partial charge on any atom is 0.427 e. The molecule has 0 saturated carbocycles. The summed E-state index contributed by atoms with van der Waals surface area (Å²) in [6, 6.07) is 8.89. The Morgan fingerprint density at radius 3 is 2.58 bits per heavy atom. The number of nitrogens with two attached hydrogens (primary N) is 1. The van der Waals surface area contributed by atoms with Crippen molar-refractivity contribution in [2.45, 2.75) is 25.2 Å². The molecule has 0 spiro atoms. The van der Waals surface area contributed by atoms with Crippen LogP contribution in [0.15, 0.2) is 42.6 Å². The summed E-state index contributed by atoms with van der Waals surface area (Å²) in [5, 5.41) is 28.9. The lowest BCUT2D eigenvalue weighted by atomic mass is 10.0. The fraction of sp³-hybridized carbons (Fsp3) is 0.250. The van der Waals surface area contributed by atoms with E-state index in [4.69, 9.17) is 10.5 Å². The molecule has 13 heteroatoms. The van der Waals surface area contributed by atoms with Crippen molar-refractivity contribution in [1.29, 1.82) is 0 Å². The average molecular weight is 462 g/mol. The molecule has 1 unspecified atom stereocenters. The Kier molecular flexibility index (Phi) is 5.28. The van der Waals surface area contributed by atoms with Crippen molar-refractivity contribution < 1.29 is 33.0 Å². The monoisotopic (exact) mass is 462 g/mol. The molecule has 1 atom stereocenters. The molecule has 0 aliphatic carbocycles. The summed E-state index contributed by atoms with van der Waals surface area (Å²) in [4.78, 5) is 8.45. The van der Waals surface area contributed by atoms with Gasteiger partial charge in [-0.3, -0.25) is 5.21 Å². The maximum absolute atomic E-state index is 13.2. The van der Waals surface area contributed by atoms with Crippen LogP contribution in [0.1, 0.15) is 18.3 Å². The minimum atomic E-state index is -4.99. The SMILES string of the molecule is COc1cccc2c(-c3cn(Cc4cccc(C(C)(O)C(F)(F)F)[n+]4O)nn3)nc(N)nc12. The van der Waals surface area contributed by atoms with E-state index in [1.54, 1.807) is 18.2 Å². The van der Waals surface area contributed by atoms with Crippen molar-refractivity contribution >= 4 is 16.9 Å². The van der Waals surface area contributed by atoms with Crippen LogP contribution in [0.4, 0.5) is 19.1 Å². The van der Waals surface area contributed by atoms with Gasteiger partial charge in [-0.15, -0.1) is 5.10 Å². The molecule has 4 N–H and O–H groups in total. The van der Waals surface area contributed by atoms with Gasteiger partial charge in [-0.25, -0.2) is 14.6 Å². The Bertz CT molecular complexity index is 1340. The van der Waals surface area contributed by atoms with E-state index in [1.165, 1.54) is 30.1 Å². The fourth-order valence-corrected chi connectivity index (χ4v) is 3.33. The smallest absolute Gasteiger partial charge is 0.427 e. The first-order chi connectivity index (χ1) is 15.5. The van der Waals surface area contributed by atoms with E-state index >= 15 is 0 Å². The van der Waals surface area contributed by atoms with Gasteiger partial charge < -0.3 is 15.6 Å². The van der Waals surface area contributed by atoms with Gasteiger partial charge in [0.2, 0.25) is 11.5 Å². The number of ether oxygens (including phenoxy) is 1. The molecule has 3 heterocycles. The third-order valence-corrected chi connectivity index (χ3v) is 5.13. The second-order valence-electron chi connectivity index (χ2n) is 7.37. The second kappa shape index (κ2) is 7.85. The highest BCUT2D eigenvalue weighted by Gasteiger charge is 2.57. The molecule has 10 nitrogen and oxygen atoms in total. The number of fused-ring (bicyclic) bond motifs is 1. The van der Waals surface area contributed by atoms with E-state index in [-0.39, 0.29) is 22.9 Å². The minimum absolute atomic E-state index is 0.00756. The number of aromatic nitrogens is 6. The largest absolute Gasteiger partial charge is 0.494 e. The highest BCUT2D eigenvalue weighted by Crippen LogP contribution is 2.37. The van der Waals surface area contributed by atoms with Crippen LogP contribution in [0.25, 0.3) is 22.3 Å². The summed E-state index contributed by atoms with van der Waals surface area (Å²) in [6.45, 7) is 0.415. The Hall–Kier alpha value is -4.00. The molecule has 0 radical (unpaired) electrons. The highest BCUT2D eigenvalue weighted by molar-refractivity contribution is 5.95. The Labute approximate surface area is 184 Å². The number of hydrogen-bond acceptors (Lipinski definition) is 8. The van der Waals surface area contributed by atoms with Crippen molar-refractivity contribution in [3.05, 3.63) is 54.0 Å². The summed E-state index contributed by atoms with van der Waals surface area (Å²) >= 11 is 0. The summed E-state index contributed by atoms with van der Waals surface area (Å²) < 4.78 is 46.6. The molecule has 172 valence electrons. The minimum Gasteiger partial charge on any atom is -0.494 e. The first kappa shape index (κ1) is 22.2. The quantitative estimate of drug-likeness (QED) is 0.302. The molecule has 0 amide bonds. The molecule has 0 aliphatic rings. The Balaban J connectivity index is 1.72. The topological polar surface area (TPSA) is 136 Å². The van der Waals surface area contributed by atoms with E-state index in [2.05, 4.69) is 20.3 Å². The molecule has 0 bridgehead atoms. The summed E-state index contributed by atoms with van der Waals surface area (Å²) in [5.41, 5.74) is 3.06. The fourth-order valence-electron chi connectivity index (χ4n) is 3.33. The normalized spacial score (nSPS) is 13.8. The third kappa shape index (κ3) is 3.86. The van der Waals surface area contributed by atoms with E-state index in [0.29, 0.717) is 35.0 Å². The van der Waals surface area contributed by atoms with Crippen LogP contribution < -0.4 is 15.2 Å². The number of halogens is 3. The molecule has 1 aromatic carbocycles. The lowest BCUT2D eigenvalue weighted by molar-refractivity contribution is -0.918. The van der Waals surface area contributed by atoms with Crippen LogP contribution in [0.3, 0.4) is 0 Å². The van der Waals surface area contributed by atoms with Gasteiger partial charge in [0.05, 0.1) is 13.3 Å². The van der Waals surface area contributed by atoms with Gasteiger partial charge >= 0.3 is 6.18 Å². The number of rotatable bonds is 5. The van der Waals surface area contributed by atoms with Crippen LogP contribution in [0.2, 0.25) is 0 Å². The van der Waals surface area contributed by atoms with Crippen molar-refractivity contribution in [3.8, 4) is 17.1 Å². The number of pyridine rings is 1. The zero-order valence-electron chi connectivity index (χ0n) is 17.4. The number of alkyl halides is 3. The molecular weight excluding hydrogens is 443 g/mol. The van der Waals surface area contributed by atoms with Gasteiger partial charge in [-0.05, 0) is 19.1 Å². The molecule has 0 saturated heterocycles. The van der Waals surface area contributed by atoms with Crippen molar-refractivity contribution in [2.75, 3.05) is 12.8 Å². The first-order valence-corrected chi connectivity index (χ1v) is 9.56. The van der Waals surface area contributed by atoms with Gasteiger partial charge in [0, 0.05) is 22.2 Å². The van der Waals surface area contributed by atoms with Crippen LogP contribution in [-0.2, 0) is 12.1 Å². The van der Waals surface area contributed by atoms with Crippen LogP contribution >= 0.6 is 0 Å². The number of benzene rings is 1. The molecule has 0 aliphatic heterocycles. The second-order valence-corrected chi connectivity index (χ2v) is 7.37. The van der Waals surface area contributed by atoms with Crippen molar-refractivity contribution in [2.24, 2.45) is 0 Å². The lowest BCUT2D eigenvalue weighted by Gasteiger charge is -2.22. The highest BCUT2D eigenvalue weighted by atomic mass is 19.4. The van der Waals surface area contributed by atoms with Crippen molar-refractivity contribution in [1.82, 2.24) is 25.0 Å². The van der Waals surface area contributed by atoms with Gasteiger partial charge in [-0.2, -0.15) is 13.2 Å². The zero-order valence-corrected chi connectivity index (χ0v) is 17.4. The summed E-state index contributed by atoms with van der Waals surface area (Å²) in [7, 11) is 1.50. The molecule has 33 heavy (non-hydrogen) atoms. The Morgan fingerprint density at radius 2 is 1.88 bits per heavy atom. The third-order valence-electron chi connectivity index (χ3n) is 5.13. The number of nitrogens with zero attached hydrogens (tertiary/aromatic N) is 6. The molecule has 4 aromatic rings. The van der Waals surface area contributed by atoms with Gasteiger partial charge in [0.1, 0.15) is 29.2 Å². The maximum atomic E-state index is 13.2. The summed E-state index contributed by atoms with van der Waals surface area (Å²) in [5.74, 6) is 0.483. The standard InChI is InChI=1S/C20H19F3N7O3/c1-19(31,20(21,22)23)15-8-3-5-11(30(15)32)9-29-10-13(27-28-29)16-12-6-4-7-14(33-2)17(12)26-18(24)25-16/h3-8,10,31-32H,9H2,1-2H3,(H2,24,25,26)/q+1. The molecular formula is C20H19F3N7O3+. The van der Waals surface area contributed by atoms with E-state index in [1.807, 2.05) is 0 Å². The van der Waals surface area contributed by atoms with Crippen molar-refractivity contribution in [3.63, 3.8) is 0 Å². The number of nitrogen functional groups attached to an aromatic ring is 1. The number of anilines is 1. The number of methoxy groups -OCH3 is 1. The van der Waals surface area contributed by atoms with Crippen LogP contribution in [0.5, 0.6) is 5.75 Å². The molecule has 4 rings (SSSR count). The zero-order chi connectivity index (χ0) is 24.0. The van der Waals surface area contributed by atoms with E-state index in [9.17, 15) is 23.5 Å². The number of hydrogen-bond donors (Lipinski definition) is 3. The van der Waals surface area contributed by atoms with Gasteiger partial charge in [0.25, 0.3) is 11.4 Å². The lowest BCUT2D eigenvalue weighted by Crippen LogP contribution is -2.52. The molecule has 0 fully saturated rings. The predicted octanol–water partition coefficient (Wildman–Crippen LogP) is 1.82.